The van der Waals surface area contributed by atoms with Gasteiger partial charge < -0.3 is 10.3 Å². The number of aromatic amines is 1. The van der Waals surface area contributed by atoms with Gasteiger partial charge >= 0.3 is 0 Å². The number of fused-ring (bicyclic) bond motifs is 2. The van der Waals surface area contributed by atoms with E-state index < -0.39 is 5.92 Å². The van der Waals surface area contributed by atoms with Crippen LogP contribution >= 0.6 is 0 Å². The molecule has 0 radical (unpaired) electrons. The largest absolute Gasteiger partial charge is 0.361 e. The third-order valence-electron chi connectivity index (χ3n) is 6.34. The molecule has 3 aromatic rings. The summed E-state index contributed by atoms with van der Waals surface area (Å²) in [6, 6.07) is 10.6. The van der Waals surface area contributed by atoms with Crippen molar-refractivity contribution in [3.63, 3.8) is 0 Å². The molecular weight excluding hydrogens is 372 g/mol. The number of aryl methyl sites for hydroxylation is 2. The van der Waals surface area contributed by atoms with Crippen LogP contribution in [0.25, 0.3) is 11.0 Å². The van der Waals surface area contributed by atoms with Crippen LogP contribution in [0, 0.1) is 6.92 Å². The maximum atomic E-state index is 13.7. The number of benzene rings is 1. The number of nitrogens with zero attached hydrogens (tertiary/aromatic N) is 3. The van der Waals surface area contributed by atoms with Gasteiger partial charge in [0.1, 0.15) is 17.8 Å². The van der Waals surface area contributed by atoms with E-state index in [1.165, 1.54) is 11.1 Å². The number of halogens is 2. The highest BCUT2D eigenvalue weighted by Crippen LogP contribution is 2.39. The summed E-state index contributed by atoms with van der Waals surface area (Å²) in [5, 5.41) is 4.62. The SMILES string of the molecule is Cc1cc2c(N[C@H]3c4ccccc4CC[C@@H]3N3CCC(F)(F)CC3)ncnc2[nH]1. The number of anilines is 1. The van der Waals surface area contributed by atoms with Crippen LogP contribution in [0.5, 0.6) is 0 Å². The first-order valence-corrected chi connectivity index (χ1v) is 10.3. The van der Waals surface area contributed by atoms with Crippen LogP contribution < -0.4 is 5.32 Å². The number of piperidine rings is 1. The zero-order chi connectivity index (χ0) is 20.0. The van der Waals surface area contributed by atoms with Crippen molar-refractivity contribution in [1.29, 1.82) is 0 Å². The van der Waals surface area contributed by atoms with Crippen molar-refractivity contribution >= 4 is 16.9 Å². The van der Waals surface area contributed by atoms with Gasteiger partial charge in [-0.25, -0.2) is 18.7 Å². The van der Waals surface area contributed by atoms with Crippen molar-refractivity contribution in [3.05, 3.63) is 53.5 Å². The molecule has 5 nitrogen and oxygen atoms in total. The van der Waals surface area contributed by atoms with Crippen LogP contribution in [0.3, 0.4) is 0 Å². The Morgan fingerprint density at radius 3 is 2.79 bits per heavy atom. The molecule has 2 atom stereocenters. The molecule has 2 aromatic heterocycles. The van der Waals surface area contributed by atoms with Gasteiger partial charge in [0.15, 0.2) is 0 Å². The van der Waals surface area contributed by atoms with Crippen LogP contribution in [-0.2, 0) is 6.42 Å². The summed E-state index contributed by atoms with van der Waals surface area (Å²) in [5.41, 5.74) is 4.39. The summed E-state index contributed by atoms with van der Waals surface area (Å²) in [6.07, 6.45) is 3.35. The fraction of sp³-hybridized carbons (Fsp3) is 0.455. The molecule has 0 bridgehead atoms. The molecule has 0 spiro atoms. The molecule has 3 heterocycles. The molecule has 0 unspecified atom stereocenters. The first-order valence-electron chi connectivity index (χ1n) is 10.3. The Hall–Kier alpha value is -2.54. The molecule has 2 N–H and O–H groups in total. The van der Waals surface area contributed by atoms with Crippen LogP contribution in [-0.4, -0.2) is 44.9 Å². The predicted molar refractivity (Wildman–Crippen MR) is 109 cm³/mol. The van der Waals surface area contributed by atoms with E-state index in [0.717, 1.165) is 35.4 Å². The molecule has 1 aliphatic heterocycles. The van der Waals surface area contributed by atoms with Crippen molar-refractivity contribution in [1.82, 2.24) is 19.9 Å². The van der Waals surface area contributed by atoms with E-state index in [4.69, 9.17) is 0 Å². The number of hydrogen-bond donors (Lipinski definition) is 2. The van der Waals surface area contributed by atoms with E-state index in [0.29, 0.717) is 13.1 Å². The van der Waals surface area contributed by atoms with Gasteiger partial charge in [0.25, 0.3) is 5.92 Å². The lowest BCUT2D eigenvalue weighted by atomic mass is 9.82. The number of alkyl halides is 2. The molecule has 5 rings (SSSR count). The molecule has 1 fully saturated rings. The molecule has 7 heteroatoms. The smallest absolute Gasteiger partial charge is 0.250 e. The fourth-order valence-electron chi connectivity index (χ4n) is 4.83. The van der Waals surface area contributed by atoms with Crippen LogP contribution in [0.4, 0.5) is 14.6 Å². The molecule has 0 amide bonds. The summed E-state index contributed by atoms with van der Waals surface area (Å²) in [5.74, 6) is -1.75. The highest BCUT2D eigenvalue weighted by molar-refractivity contribution is 5.87. The topological polar surface area (TPSA) is 56.8 Å². The molecule has 0 saturated carbocycles. The van der Waals surface area contributed by atoms with Gasteiger partial charge in [-0.1, -0.05) is 24.3 Å². The molecular formula is C22H25F2N5. The zero-order valence-corrected chi connectivity index (χ0v) is 16.5. The molecule has 2 aliphatic rings. The van der Waals surface area contributed by atoms with Gasteiger partial charge in [0.05, 0.1) is 11.4 Å². The first kappa shape index (κ1) is 18.5. The van der Waals surface area contributed by atoms with Crippen LogP contribution in [0.15, 0.2) is 36.7 Å². The second-order valence-electron chi connectivity index (χ2n) is 8.26. The quantitative estimate of drug-likeness (QED) is 0.685. The van der Waals surface area contributed by atoms with E-state index in [-0.39, 0.29) is 24.9 Å². The number of likely N-dealkylation sites (tertiary alicyclic amines) is 1. The fourth-order valence-corrected chi connectivity index (χ4v) is 4.83. The normalized spacial score (nSPS) is 24.4. The van der Waals surface area contributed by atoms with Gasteiger partial charge in [0.2, 0.25) is 0 Å². The Kier molecular flexibility index (Phi) is 4.50. The van der Waals surface area contributed by atoms with E-state index in [2.05, 4.69) is 49.4 Å². The van der Waals surface area contributed by atoms with Crippen molar-refractivity contribution in [2.24, 2.45) is 0 Å². The number of rotatable bonds is 3. The second-order valence-corrected chi connectivity index (χ2v) is 8.26. The van der Waals surface area contributed by atoms with Crippen molar-refractivity contribution in [3.8, 4) is 0 Å². The standard InChI is InChI=1S/C22H25F2N5/c1-14-12-17-20(27-14)25-13-26-21(17)28-19-16-5-3-2-4-15(16)6-7-18(19)29-10-8-22(23,24)9-11-29/h2-5,12-13,18-19H,6-11H2,1H3,(H2,25,26,27,28)/t18-,19-/m0/s1. The Morgan fingerprint density at radius 1 is 1.17 bits per heavy atom. The van der Waals surface area contributed by atoms with Crippen LogP contribution in [0.1, 0.15) is 42.1 Å². The number of hydrogen-bond acceptors (Lipinski definition) is 4. The van der Waals surface area contributed by atoms with E-state index in [1.54, 1.807) is 6.33 Å². The summed E-state index contributed by atoms with van der Waals surface area (Å²) < 4.78 is 27.5. The lowest BCUT2D eigenvalue weighted by Gasteiger charge is -2.44. The monoisotopic (exact) mass is 397 g/mol. The van der Waals surface area contributed by atoms with E-state index in [9.17, 15) is 8.78 Å². The van der Waals surface area contributed by atoms with Gasteiger partial charge in [-0.2, -0.15) is 0 Å². The third kappa shape index (κ3) is 3.48. The highest BCUT2D eigenvalue weighted by Gasteiger charge is 2.40. The Balaban J connectivity index is 1.50. The first-order chi connectivity index (χ1) is 14.0. The predicted octanol–water partition coefficient (Wildman–Crippen LogP) is 4.47. The van der Waals surface area contributed by atoms with Gasteiger partial charge in [-0.3, -0.25) is 4.90 Å². The highest BCUT2D eigenvalue weighted by atomic mass is 19.3. The Labute approximate surface area is 168 Å². The number of H-pyrrole nitrogens is 1. The van der Waals surface area contributed by atoms with E-state index in [1.807, 2.05) is 13.0 Å². The summed E-state index contributed by atoms with van der Waals surface area (Å²) in [4.78, 5) is 14.3. The van der Waals surface area contributed by atoms with Gasteiger partial charge in [0, 0.05) is 37.7 Å². The number of aromatic nitrogens is 3. The van der Waals surface area contributed by atoms with Crippen LogP contribution in [0.2, 0.25) is 0 Å². The second kappa shape index (κ2) is 7.06. The van der Waals surface area contributed by atoms with Gasteiger partial charge in [-0.15, -0.1) is 0 Å². The minimum absolute atomic E-state index is 0.0000198. The average Bonchev–Trinajstić information content (AvgIpc) is 3.10. The summed E-state index contributed by atoms with van der Waals surface area (Å²) in [7, 11) is 0. The zero-order valence-electron chi connectivity index (χ0n) is 16.5. The minimum atomic E-state index is -2.53. The Morgan fingerprint density at radius 2 is 1.97 bits per heavy atom. The molecule has 152 valence electrons. The minimum Gasteiger partial charge on any atom is -0.361 e. The Bertz CT molecular complexity index is 1020. The molecule has 29 heavy (non-hydrogen) atoms. The molecule has 1 saturated heterocycles. The van der Waals surface area contributed by atoms with Gasteiger partial charge in [-0.05, 0) is 37.0 Å². The number of nitrogens with one attached hydrogen (secondary N) is 2. The lowest BCUT2D eigenvalue weighted by molar-refractivity contribution is -0.0656. The average molecular weight is 397 g/mol. The van der Waals surface area contributed by atoms with Crippen molar-refractivity contribution in [2.45, 2.75) is 50.6 Å². The summed E-state index contributed by atoms with van der Waals surface area (Å²) >= 11 is 0. The molecule has 1 aliphatic carbocycles. The van der Waals surface area contributed by atoms with Crippen molar-refractivity contribution in [2.75, 3.05) is 18.4 Å². The third-order valence-corrected chi connectivity index (χ3v) is 6.34. The summed E-state index contributed by atoms with van der Waals surface area (Å²) in [6.45, 7) is 2.86. The van der Waals surface area contributed by atoms with E-state index >= 15 is 0 Å². The van der Waals surface area contributed by atoms with Crippen molar-refractivity contribution < 1.29 is 8.78 Å². The lowest BCUT2D eigenvalue weighted by Crippen LogP contribution is -2.50. The molecule has 1 aromatic carbocycles. The maximum absolute atomic E-state index is 13.7. The maximum Gasteiger partial charge on any atom is 0.250 e.